The fourth-order valence-corrected chi connectivity index (χ4v) is 2.59. The van der Waals surface area contributed by atoms with Crippen LogP contribution in [0.3, 0.4) is 0 Å². The first-order chi connectivity index (χ1) is 8.22. The first-order valence-electron chi connectivity index (χ1n) is 5.65. The Bertz CT molecular complexity index is 496. The van der Waals surface area contributed by atoms with Crippen molar-refractivity contribution < 1.29 is 5.11 Å². The van der Waals surface area contributed by atoms with Gasteiger partial charge in [-0.1, -0.05) is 18.2 Å². The van der Waals surface area contributed by atoms with Gasteiger partial charge in [0.05, 0.1) is 6.10 Å². The van der Waals surface area contributed by atoms with Crippen molar-refractivity contribution in [3.05, 3.63) is 51.6 Å². The quantitative estimate of drug-likeness (QED) is 0.868. The van der Waals surface area contributed by atoms with Crippen LogP contribution in [-0.4, -0.2) is 14.7 Å². The number of hydrogen-bond donors (Lipinski definition) is 1. The van der Waals surface area contributed by atoms with Crippen LogP contribution in [0.15, 0.2) is 36.7 Å². The minimum atomic E-state index is -0.490. The Morgan fingerprint density at radius 3 is 2.88 bits per heavy atom. The van der Waals surface area contributed by atoms with Crippen LogP contribution in [0.2, 0.25) is 0 Å². The lowest BCUT2D eigenvalue weighted by Gasteiger charge is -2.13. The van der Waals surface area contributed by atoms with E-state index in [1.165, 1.54) is 0 Å². The third-order valence-corrected chi connectivity index (χ3v) is 3.76. The molecule has 0 saturated carbocycles. The number of benzene rings is 1. The molecular formula is C13H15IN2O. The monoisotopic (exact) mass is 342 g/mol. The van der Waals surface area contributed by atoms with Gasteiger partial charge in [-0.05, 0) is 41.1 Å². The highest BCUT2D eigenvalue weighted by molar-refractivity contribution is 14.1. The Morgan fingerprint density at radius 2 is 2.18 bits per heavy atom. The van der Waals surface area contributed by atoms with E-state index >= 15 is 0 Å². The molecule has 1 N–H and O–H groups in total. The van der Waals surface area contributed by atoms with Crippen molar-refractivity contribution in [1.82, 2.24) is 9.55 Å². The van der Waals surface area contributed by atoms with Gasteiger partial charge in [0.15, 0.2) is 0 Å². The van der Waals surface area contributed by atoms with Crippen molar-refractivity contribution in [3.8, 4) is 0 Å². The second kappa shape index (κ2) is 5.64. The average Bonchev–Trinajstić information content (AvgIpc) is 2.76. The number of aliphatic hydroxyl groups is 1. The summed E-state index contributed by atoms with van der Waals surface area (Å²) in [4.78, 5) is 4.28. The number of halogens is 1. The van der Waals surface area contributed by atoms with Crippen molar-refractivity contribution >= 4 is 22.6 Å². The van der Waals surface area contributed by atoms with Crippen molar-refractivity contribution in [1.29, 1.82) is 0 Å². The molecule has 0 amide bonds. The maximum Gasteiger partial charge on any atom is 0.111 e. The summed E-state index contributed by atoms with van der Waals surface area (Å²) in [6.07, 6.45) is 3.79. The van der Waals surface area contributed by atoms with E-state index in [0.29, 0.717) is 6.42 Å². The molecule has 4 heteroatoms. The molecule has 1 heterocycles. The van der Waals surface area contributed by atoms with E-state index in [1.54, 1.807) is 6.20 Å². The van der Waals surface area contributed by atoms with Crippen LogP contribution in [0, 0.1) is 3.57 Å². The van der Waals surface area contributed by atoms with E-state index in [9.17, 15) is 5.11 Å². The second-order valence-electron chi connectivity index (χ2n) is 3.87. The highest BCUT2D eigenvalue weighted by Crippen LogP contribution is 2.22. The maximum atomic E-state index is 10.2. The van der Waals surface area contributed by atoms with Crippen LogP contribution in [-0.2, 0) is 13.0 Å². The molecule has 0 saturated heterocycles. The Labute approximate surface area is 115 Å². The molecule has 1 atom stereocenters. The van der Waals surface area contributed by atoms with Gasteiger partial charge in [0.2, 0.25) is 0 Å². The standard InChI is InChI=1S/C13H15IN2O/c1-2-16-8-7-15-13(16)9-12(17)10-5-3-4-6-11(10)14/h3-8,12,17H,2,9H2,1H3. The highest BCUT2D eigenvalue weighted by Gasteiger charge is 2.14. The number of hydrogen-bond acceptors (Lipinski definition) is 2. The Balaban J connectivity index is 2.17. The summed E-state index contributed by atoms with van der Waals surface area (Å²) in [6, 6.07) is 7.90. The van der Waals surface area contributed by atoms with E-state index in [4.69, 9.17) is 0 Å². The van der Waals surface area contributed by atoms with Crippen molar-refractivity contribution in [3.63, 3.8) is 0 Å². The van der Waals surface area contributed by atoms with Gasteiger partial charge >= 0.3 is 0 Å². The van der Waals surface area contributed by atoms with Gasteiger partial charge < -0.3 is 9.67 Å². The summed E-state index contributed by atoms with van der Waals surface area (Å²) in [7, 11) is 0. The van der Waals surface area contributed by atoms with Gasteiger partial charge in [-0.2, -0.15) is 0 Å². The third kappa shape index (κ3) is 2.87. The zero-order chi connectivity index (χ0) is 12.3. The molecule has 0 aliphatic rings. The van der Waals surface area contributed by atoms with Gasteiger partial charge in [0, 0.05) is 28.9 Å². The third-order valence-electron chi connectivity index (χ3n) is 2.78. The lowest BCUT2D eigenvalue weighted by molar-refractivity contribution is 0.173. The smallest absolute Gasteiger partial charge is 0.111 e. The second-order valence-corrected chi connectivity index (χ2v) is 5.03. The highest BCUT2D eigenvalue weighted by atomic mass is 127. The molecule has 0 bridgehead atoms. The summed E-state index contributed by atoms with van der Waals surface area (Å²) >= 11 is 2.25. The van der Waals surface area contributed by atoms with Crippen LogP contribution in [0.5, 0.6) is 0 Å². The van der Waals surface area contributed by atoms with Gasteiger partial charge in [0.1, 0.15) is 5.82 Å². The number of aryl methyl sites for hydroxylation is 1. The fourth-order valence-electron chi connectivity index (χ4n) is 1.85. The number of aliphatic hydroxyl groups excluding tert-OH is 1. The van der Waals surface area contributed by atoms with E-state index < -0.39 is 6.10 Å². The lowest BCUT2D eigenvalue weighted by atomic mass is 10.1. The molecule has 0 aliphatic heterocycles. The molecule has 0 spiro atoms. The molecule has 3 nitrogen and oxygen atoms in total. The maximum absolute atomic E-state index is 10.2. The molecule has 1 aromatic heterocycles. The molecule has 0 aliphatic carbocycles. The van der Waals surface area contributed by atoms with Crippen molar-refractivity contribution in [2.45, 2.75) is 26.0 Å². The molecule has 1 aromatic carbocycles. The van der Waals surface area contributed by atoms with E-state index in [2.05, 4.69) is 39.1 Å². The van der Waals surface area contributed by atoms with E-state index in [0.717, 1.165) is 21.5 Å². The molecule has 2 aromatic rings. The summed E-state index contributed by atoms with van der Waals surface area (Å²) in [6.45, 7) is 2.96. The minimum absolute atomic E-state index is 0.490. The first-order valence-corrected chi connectivity index (χ1v) is 6.72. The molecule has 2 rings (SSSR count). The minimum Gasteiger partial charge on any atom is -0.388 e. The zero-order valence-corrected chi connectivity index (χ0v) is 11.8. The molecule has 0 fully saturated rings. The number of nitrogens with zero attached hydrogens (tertiary/aromatic N) is 2. The van der Waals surface area contributed by atoms with Gasteiger partial charge in [-0.3, -0.25) is 0 Å². The molecule has 90 valence electrons. The van der Waals surface area contributed by atoms with Gasteiger partial charge in [-0.25, -0.2) is 4.98 Å². The fraction of sp³-hybridized carbons (Fsp3) is 0.308. The molecule has 17 heavy (non-hydrogen) atoms. The van der Waals surface area contributed by atoms with Crippen molar-refractivity contribution in [2.75, 3.05) is 0 Å². The van der Waals surface area contributed by atoms with Gasteiger partial charge in [0.25, 0.3) is 0 Å². The van der Waals surface area contributed by atoms with Crippen LogP contribution < -0.4 is 0 Å². The van der Waals surface area contributed by atoms with Crippen LogP contribution in [0.25, 0.3) is 0 Å². The zero-order valence-electron chi connectivity index (χ0n) is 9.68. The largest absolute Gasteiger partial charge is 0.388 e. The Hall–Kier alpha value is -0.880. The summed E-state index contributed by atoms with van der Waals surface area (Å²) in [5, 5.41) is 10.2. The van der Waals surface area contributed by atoms with Gasteiger partial charge in [-0.15, -0.1) is 0 Å². The summed E-state index contributed by atoms with van der Waals surface area (Å²) < 4.78 is 3.14. The Morgan fingerprint density at radius 1 is 1.41 bits per heavy atom. The number of rotatable bonds is 4. The van der Waals surface area contributed by atoms with Crippen LogP contribution in [0.1, 0.15) is 24.4 Å². The average molecular weight is 342 g/mol. The van der Waals surface area contributed by atoms with Crippen molar-refractivity contribution in [2.24, 2.45) is 0 Å². The first kappa shape index (κ1) is 12.6. The molecule has 1 unspecified atom stereocenters. The normalized spacial score (nSPS) is 12.6. The Kier molecular flexibility index (Phi) is 4.17. The number of imidazole rings is 1. The van der Waals surface area contributed by atoms with E-state index in [1.807, 2.05) is 30.5 Å². The van der Waals surface area contributed by atoms with E-state index in [-0.39, 0.29) is 0 Å². The topological polar surface area (TPSA) is 38.0 Å². The molecule has 0 radical (unpaired) electrons. The molecular weight excluding hydrogens is 327 g/mol. The van der Waals surface area contributed by atoms with Crippen LogP contribution in [0.4, 0.5) is 0 Å². The van der Waals surface area contributed by atoms with Crippen LogP contribution >= 0.6 is 22.6 Å². The SMILES string of the molecule is CCn1ccnc1CC(O)c1ccccc1I. The summed E-state index contributed by atoms with van der Waals surface area (Å²) in [5.74, 6) is 0.930. The predicted octanol–water partition coefficient (Wildman–Crippen LogP) is 2.78. The predicted molar refractivity (Wildman–Crippen MR) is 75.7 cm³/mol. The lowest BCUT2D eigenvalue weighted by Crippen LogP contribution is -2.09. The number of aromatic nitrogens is 2. The summed E-state index contributed by atoms with van der Waals surface area (Å²) in [5.41, 5.74) is 0.971.